The van der Waals surface area contributed by atoms with E-state index in [9.17, 15) is 0 Å². The van der Waals surface area contributed by atoms with Crippen LogP contribution in [0.1, 0.15) is 11.1 Å². The Hall–Kier alpha value is -1.91. The smallest absolute Gasteiger partial charge is 0.0972 e. The predicted octanol–water partition coefficient (Wildman–Crippen LogP) is 4.07. The van der Waals surface area contributed by atoms with Crippen LogP contribution in [0, 0.1) is 6.92 Å². The third kappa shape index (κ3) is 2.91. The molecule has 0 aliphatic rings. The normalized spacial score (nSPS) is 10.8. The molecule has 1 heterocycles. The van der Waals surface area contributed by atoms with E-state index >= 15 is 0 Å². The Kier molecular flexibility index (Phi) is 3.90. The highest BCUT2D eigenvalue weighted by Crippen LogP contribution is 2.25. The Bertz CT molecular complexity index is 743. The van der Waals surface area contributed by atoms with Gasteiger partial charge < -0.3 is 5.73 Å². The van der Waals surface area contributed by atoms with Crippen molar-refractivity contribution in [3.05, 3.63) is 70.3 Å². The van der Waals surface area contributed by atoms with Gasteiger partial charge in [0.15, 0.2) is 0 Å². The molecule has 2 aromatic carbocycles. The molecule has 0 unspecified atom stereocenters. The maximum Gasteiger partial charge on any atom is 0.0972 e. The van der Waals surface area contributed by atoms with E-state index in [2.05, 4.69) is 47.1 Å². The highest BCUT2D eigenvalue weighted by atomic mass is 79.9. The minimum Gasteiger partial charge on any atom is -0.326 e. The summed E-state index contributed by atoms with van der Waals surface area (Å²) in [6, 6.07) is 16.4. The van der Waals surface area contributed by atoms with E-state index in [4.69, 9.17) is 10.8 Å². The first-order valence-corrected chi connectivity index (χ1v) is 7.58. The molecule has 0 atom stereocenters. The van der Waals surface area contributed by atoms with Crippen LogP contribution in [-0.4, -0.2) is 9.78 Å². The lowest BCUT2D eigenvalue weighted by Gasteiger charge is -2.02. The van der Waals surface area contributed by atoms with Gasteiger partial charge in [0.1, 0.15) is 0 Å². The van der Waals surface area contributed by atoms with Gasteiger partial charge in [-0.15, -0.1) is 0 Å². The van der Waals surface area contributed by atoms with Crippen LogP contribution in [0.5, 0.6) is 0 Å². The minimum absolute atomic E-state index is 0.470. The summed E-state index contributed by atoms with van der Waals surface area (Å²) in [7, 11) is 0. The maximum absolute atomic E-state index is 5.87. The highest BCUT2D eigenvalue weighted by Gasteiger charge is 2.11. The lowest BCUT2D eigenvalue weighted by molar-refractivity contribution is 0.882. The van der Waals surface area contributed by atoms with E-state index in [0.29, 0.717) is 6.54 Å². The van der Waals surface area contributed by atoms with E-state index in [-0.39, 0.29) is 0 Å². The summed E-state index contributed by atoms with van der Waals surface area (Å²) in [6.07, 6.45) is 2.00. The van der Waals surface area contributed by atoms with Crippen molar-refractivity contribution in [2.24, 2.45) is 5.73 Å². The molecule has 21 heavy (non-hydrogen) atoms. The summed E-state index contributed by atoms with van der Waals surface area (Å²) in [5, 5.41) is 4.70. The molecule has 3 nitrogen and oxygen atoms in total. The lowest BCUT2D eigenvalue weighted by atomic mass is 10.1. The largest absolute Gasteiger partial charge is 0.326 e. The zero-order chi connectivity index (χ0) is 14.8. The molecule has 0 spiro atoms. The van der Waals surface area contributed by atoms with Gasteiger partial charge in [0.25, 0.3) is 0 Å². The summed E-state index contributed by atoms with van der Waals surface area (Å²) >= 11 is 3.45. The third-order valence-electron chi connectivity index (χ3n) is 3.43. The molecule has 0 fully saturated rings. The number of aromatic nitrogens is 2. The van der Waals surface area contributed by atoms with Gasteiger partial charge in [-0.2, -0.15) is 5.10 Å². The van der Waals surface area contributed by atoms with Gasteiger partial charge in [0.2, 0.25) is 0 Å². The number of nitrogens with zero attached hydrogens (tertiary/aromatic N) is 2. The molecule has 0 bridgehead atoms. The first-order chi connectivity index (χ1) is 10.2. The van der Waals surface area contributed by atoms with Crippen LogP contribution in [0.4, 0.5) is 0 Å². The van der Waals surface area contributed by atoms with Crippen LogP contribution < -0.4 is 5.73 Å². The van der Waals surface area contributed by atoms with Crippen molar-refractivity contribution < 1.29 is 0 Å². The predicted molar refractivity (Wildman–Crippen MR) is 89.3 cm³/mol. The van der Waals surface area contributed by atoms with Crippen LogP contribution in [0.15, 0.2) is 59.2 Å². The first kappa shape index (κ1) is 14.0. The molecule has 0 radical (unpaired) electrons. The standard InChI is InChI=1S/C17H16BrN3/c1-12-2-8-16(9-3-12)21-11-14(10-19)17(20-21)13-4-6-15(18)7-5-13/h2-9,11H,10,19H2,1H3. The summed E-state index contributed by atoms with van der Waals surface area (Å²) in [5.41, 5.74) is 11.2. The van der Waals surface area contributed by atoms with E-state index in [0.717, 1.165) is 27.0 Å². The number of nitrogens with two attached hydrogens (primary N) is 1. The van der Waals surface area contributed by atoms with Crippen LogP contribution in [0.25, 0.3) is 16.9 Å². The van der Waals surface area contributed by atoms with Crippen molar-refractivity contribution in [3.8, 4) is 16.9 Å². The SMILES string of the molecule is Cc1ccc(-n2cc(CN)c(-c3ccc(Br)cc3)n2)cc1. The molecule has 0 amide bonds. The first-order valence-electron chi connectivity index (χ1n) is 6.79. The molecule has 0 saturated carbocycles. The molecule has 0 saturated heterocycles. The van der Waals surface area contributed by atoms with Crippen LogP contribution in [-0.2, 0) is 6.54 Å². The van der Waals surface area contributed by atoms with Crippen LogP contribution in [0.2, 0.25) is 0 Å². The van der Waals surface area contributed by atoms with Gasteiger partial charge in [-0.1, -0.05) is 45.8 Å². The maximum atomic E-state index is 5.87. The Morgan fingerprint density at radius 2 is 1.71 bits per heavy atom. The van der Waals surface area contributed by atoms with Crippen LogP contribution in [0.3, 0.4) is 0 Å². The van der Waals surface area contributed by atoms with Crippen molar-refractivity contribution in [1.82, 2.24) is 9.78 Å². The van der Waals surface area contributed by atoms with Gasteiger partial charge in [0.05, 0.1) is 11.4 Å². The number of hydrogen-bond acceptors (Lipinski definition) is 2. The molecular formula is C17H16BrN3. The summed E-state index contributed by atoms with van der Waals surface area (Å²) in [4.78, 5) is 0. The average Bonchev–Trinajstić information content (AvgIpc) is 2.93. The van der Waals surface area contributed by atoms with E-state index < -0.39 is 0 Å². The second-order valence-corrected chi connectivity index (χ2v) is 5.91. The number of aryl methyl sites for hydroxylation is 1. The molecule has 0 aliphatic carbocycles. The highest BCUT2D eigenvalue weighted by molar-refractivity contribution is 9.10. The fraction of sp³-hybridized carbons (Fsp3) is 0.118. The topological polar surface area (TPSA) is 43.8 Å². The average molecular weight is 342 g/mol. The molecule has 3 aromatic rings. The summed E-state index contributed by atoms with van der Waals surface area (Å²) < 4.78 is 2.94. The summed E-state index contributed by atoms with van der Waals surface area (Å²) in [6.45, 7) is 2.54. The van der Waals surface area contributed by atoms with Gasteiger partial charge in [-0.05, 0) is 31.2 Å². The van der Waals surface area contributed by atoms with Gasteiger partial charge in [-0.3, -0.25) is 0 Å². The molecule has 2 N–H and O–H groups in total. The lowest BCUT2D eigenvalue weighted by Crippen LogP contribution is -1.96. The Morgan fingerprint density at radius 1 is 1.05 bits per heavy atom. The fourth-order valence-corrected chi connectivity index (χ4v) is 2.50. The van der Waals surface area contributed by atoms with Gasteiger partial charge in [0, 0.05) is 28.3 Å². The molecule has 3 rings (SSSR count). The van der Waals surface area contributed by atoms with Crippen molar-refractivity contribution >= 4 is 15.9 Å². The van der Waals surface area contributed by atoms with Crippen molar-refractivity contribution in [1.29, 1.82) is 0 Å². The number of benzene rings is 2. The van der Waals surface area contributed by atoms with Gasteiger partial charge >= 0.3 is 0 Å². The van der Waals surface area contributed by atoms with Crippen molar-refractivity contribution in [2.45, 2.75) is 13.5 Å². The second-order valence-electron chi connectivity index (χ2n) is 4.99. The molecular weight excluding hydrogens is 326 g/mol. The quantitative estimate of drug-likeness (QED) is 0.780. The molecule has 106 valence electrons. The monoisotopic (exact) mass is 341 g/mol. The minimum atomic E-state index is 0.470. The second kappa shape index (κ2) is 5.84. The Balaban J connectivity index is 2.05. The van der Waals surface area contributed by atoms with Crippen molar-refractivity contribution in [2.75, 3.05) is 0 Å². The molecule has 0 aliphatic heterocycles. The molecule has 4 heteroatoms. The third-order valence-corrected chi connectivity index (χ3v) is 3.95. The zero-order valence-electron chi connectivity index (χ0n) is 11.8. The van der Waals surface area contributed by atoms with E-state index in [1.807, 2.05) is 35.1 Å². The number of halogens is 1. The summed E-state index contributed by atoms with van der Waals surface area (Å²) in [5.74, 6) is 0. The molecule has 1 aromatic heterocycles. The Labute approximate surface area is 132 Å². The van der Waals surface area contributed by atoms with Crippen molar-refractivity contribution in [3.63, 3.8) is 0 Å². The fourth-order valence-electron chi connectivity index (χ4n) is 2.24. The Morgan fingerprint density at radius 3 is 2.33 bits per heavy atom. The van der Waals surface area contributed by atoms with E-state index in [1.165, 1.54) is 5.56 Å². The number of hydrogen-bond donors (Lipinski definition) is 1. The van der Waals surface area contributed by atoms with Crippen LogP contribution >= 0.6 is 15.9 Å². The van der Waals surface area contributed by atoms with Gasteiger partial charge in [-0.25, -0.2) is 4.68 Å². The zero-order valence-corrected chi connectivity index (χ0v) is 13.3. The number of rotatable bonds is 3. The van der Waals surface area contributed by atoms with E-state index in [1.54, 1.807) is 0 Å².